The van der Waals surface area contributed by atoms with E-state index >= 15 is 0 Å². The minimum absolute atomic E-state index is 0.0429. The summed E-state index contributed by atoms with van der Waals surface area (Å²) < 4.78 is 49.4. The molecule has 4 unspecified atom stereocenters. The molecule has 384 valence electrons. The molecule has 1 rings (SSSR count). The zero-order valence-corrected chi connectivity index (χ0v) is 41.5. The van der Waals surface area contributed by atoms with Gasteiger partial charge in [0.25, 0.3) is 0 Å². The summed E-state index contributed by atoms with van der Waals surface area (Å²) in [5.74, 6) is -0.826. The van der Waals surface area contributed by atoms with Crippen molar-refractivity contribution in [2.45, 2.75) is 262 Å². The van der Waals surface area contributed by atoms with Gasteiger partial charge in [0.1, 0.15) is 49.0 Å². The monoisotopic (exact) mass is 975 g/mol. The molecule has 19 heteroatoms. The van der Waals surface area contributed by atoms with E-state index in [0.29, 0.717) is 25.0 Å². The molecule has 0 spiro atoms. The van der Waals surface area contributed by atoms with Crippen LogP contribution in [0.4, 0.5) is 0 Å². The maximum Gasteiger partial charge on any atom is 0.472 e. The normalized spacial score (nSPS) is 21.5. The van der Waals surface area contributed by atoms with Gasteiger partial charge in [0.2, 0.25) is 0 Å². The van der Waals surface area contributed by atoms with Gasteiger partial charge in [-0.25, -0.2) is 9.13 Å². The van der Waals surface area contributed by atoms with Crippen LogP contribution >= 0.6 is 15.6 Å². The van der Waals surface area contributed by atoms with Crippen molar-refractivity contribution in [3.63, 3.8) is 0 Å². The van der Waals surface area contributed by atoms with Crippen LogP contribution in [0.3, 0.4) is 0 Å². The highest BCUT2D eigenvalue weighted by Crippen LogP contribution is 2.49. The lowest BCUT2D eigenvalue weighted by molar-refractivity contribution is -0.216. The molecule has 0 aliphatic heterocycles. The van der Waals surface area contributed by atoms with Crippen LogP contribution in [0.1, 0.15) is 219 Å². The van der Waals surface area contributed by atoms with Crippen molar-refractivity contribution in [1.82, 2.24) is 0 Å². The Morgan fingerprint density at radius 2 is 0.831 bits per heavy atom. The van der Waals surface area contributed by atoms with Crippen molar-refractivity contribution in [2.75, 3.05) is 13.2 Å². The maximum absolute atomic E-state index is 13.0. The Kier molecular flexibility index (Phi) is 35.6. The molecule has 0 heterocycles. The van der Waals surface area contributed by atoms with Gasteiger partial charge in [-0.05, 0) is 25.7 Å². The third-order valence-electron chi connectivity index (χ3n) is 11.8. The van der Waals surface area contributed by atoms with Crippen molar-refractivity contribution in [1.29, 1.82) is 0 Å². The van der Waals surface area contributed by atoms with Crippen molar-refractivity contribution in [3.05, 3.63) is 0 Å². The number of rotatable bonds is 43. The first-order valence-corrected chi connectivity index (χ1v) is 28.0. The summed E-state index contributed by atoms with van der Waals surface area (Å²) in [5, 5.41) is 41.2. The Bertz CT molecular complexity index is 1330. The molecule has 8 atom stereocenters. The highest BCUT2D eigenvalue weighted by molar-refractivity contribution is 7.47. The molecule has 0 bridgehead atoms. The molecule has 1 saturated carbocycles. The number of unbranched alkanes of at least 4 members (excludes halogenated alkanes) is 25. The number of phosphoric ester groups is 2. The van der Waals surface area contributed by atoms with E-state index in [9.17, 15) is 58.6 Å². The summed E-state index contributed by atoms with van der Waals surface area (Å²) in [4.78, 5) is 65.9. The minimum Gasteiger partial charge on any atom is -0.462 e. The van der Waals surface area contributed by atoms with Crippen LogP contribution in [0.5, 0.6) is 0 Å². The Hall–Kier alpha value is -1.33. The Labute approximate surface area is 389 Å². The standard InChI is InChI=1S/C46H88O17P2/c1-3-5-6-7-8-9-10-13-18-21-24-27-30-34-40(49)61-38(36-60-65(57,58)63-46-43(52)41(50)42(51)45(44(46)53)62-64(54,55)56)35-59-39(48)33-29-26-23-20-17-15-12-11-14-16-19-22-25-28-32-37(47)31-4-2/h38,41-46,50-53H,3-36H2,1-2H3,(H,57,58)(H2,54,55,56)/t38-,41-,42?,43-,44?,45+,46?/m1/s1. The topological polar surface area (TPSA) is 273 Å². The van der Waals surface area contributed by atoms with Crippen LogP contribution in [0.15, 0.2) is 0 Å². The Balaban J connectivity index is 2.52. The minimum atomic E-state index is -5.36. The van der Waals surface area contributed by atoms with Crippen molar-refractivity contribution in [2.24, 2.45) is 0 Å². The van der Waals surface area contributed by atoms with E-state index in [1.54, 1.807) is 0 Å². The Morgan fingerprint density at radius 3 is 1.25 bits per heavy atom. The number of ether oxygens (including phenoxy) is 2. The number of Topliss-reactive ketones (excluding diaryl/α,β-unsaturated/α-hetero) is 1. The fourth-order valence-electron chi connectivity index (χ4n) is 7.97. The summed E-state index contributed by atoms with van der Waals surface area (Å²) in [6, 6.07) is 0. The molecular weight excluding hydrogens is 886 g/mol. The van der Waals surface area contributed by atoms with E-state index in [1.165, 1.54) is 96.3 Å². The van der Waals surface area contributed by atoms with Crippen LogP contribution in [-0.4, -0.2) is 109 Å². The molecule has 0 saturated heterocycles. The average Bonchev–Trinajstić information content (AvgIpc) is 3.25. The molecule has 7 N–H and O–H groups in total. The molecule has 17 nitrogen and oxygen atoms in total. The van der Waals surface area contributed by atoms with Crippen molar-refractivity contribution < 1.29 is 81.7 Å². The predicted molar refractivity (Wildman–Crippen MR) is 247 cm³/mol. The SMILES string of the molecule is CCCCCCCCCCCCCCCC(=O)O[C@H](COC(=O)CCCCCCCCCCCCCCCCC(=O)CCC)COP(=O)(O)OC1C(O)[C@@H](OP(=O)(O)O)C(O)[C@@H](O)[C@H]1O. The zero-order valence-electron chi connectivity index (χ0n) is 39.7. The third-order valence-corrected chi connectivity index (χ3v) is 13.3. The van der Waals surface area contributed by atoms with E-state index in [-0.39, 0.29) is 12.8 Å². The summed E-state index contributed by atoms with van der Waals surface area (Å²) in [5.41, 5.74) is 0. The zero-order chi connectivity index (χ0) is 48.4. The second kappa shape index (κ2) is 37.6. The van der Waals surface area contributed by atoms with Crippen LogP contribution in [0, 0.1) is 0 Å². The van der Waals surface area contributed by atoms with E-state index in [1.807, 2.05) is 6.92 Å². The molecule has 0 aromatic rings. The molecule has 0 amide bonds. The van der Waals surface area contributed by atoms with Crippen LogP contribution in [-0.2, 0) is 46.6 Å². The van der Waals surface area contributed by atoms with E-state index < -0.39 is 83.5 Å². The van der Waals surface area contributed by atoms with Gasteiger partial charge in [-0.15, -0.1) is 0 Å². The summed E-state index contributed by atoms with van der Waals surface area (Å²) in [7, 11) is -10.7. The van der Waals surface area contributed by atoms with Crippen LogP contribution in [0.25, 0.3) is 0 Å². The second-order valence-corrected chi connectivity index (χ2v) is 20.5. The van der Waals surface area contributed by atoms with Gasteiger partial charge in [-0.3, -0.25) is 28.0 Å². The van der Waals surface area contributed by atoms with Crippen molar-refractivity contribution in [3.8, 4) is 0 Å². The van der Waals surface area contributed by atoms with Crippen molar-refractivity contribution >= 4 is 33.4 Å². The predicted octanol–water partition coefficient (Wildman–Crippen LogP) is 8.97. The van der Waals surface area contributed by atoms with Gasteiger partial charge in [-0.1, -0.05) is 168 Å². The first-order valence-electron chi connectivity index (χ1n) is 25.0. The number of hydrogen-bond donors (Lipinski definition) is 7. The molecular formula is C46H88O17P2. The smallest absolute Gasteiger partial charge is 0.462 e. The third kappa shape index (κ3) is 32.2. The lowest BCUT2D eigenvalue weighted by atomic mass is 9.85. The average molecular weight is 975 g/mol. The van der Waals surface area contributed by atoms with Gasteiger partial charge in [0, 0.05) is 25.7 Å². The quantitative estimate of drug-likeness (QED) is 0.0171. The van der Waals surface area contributed by atoms with Gasteiger partial charge >= 0.3 is 27.6 Å². The first-order chi connectivity index (χ1) is 31.0. The largest absolute Gasteiger partial charge is 0.472 e. The number of phosphoric acid groups is 2. The molecule has 1 aliphatic rings. The van der Waals surface area contributed by atoms with Gasteiger partial charge in [0.15, 0.2) is 6.10 Å². The fraction of sp³-hybridized carbons (Fsp3) is 0.935. The number of hydrogen-bond acceptors (Lipinski definition) is 14. The van der Waals surface area contributed by atoms with E-state index in [4.69, 9.17) is 18.5 Å². The Morgan fingerprint density at radius 1 is 0.446 bits per heavy atom. The van der Waals surface area contributed by atoms with Gasteiger partial charge < -0.3 is 44.6 Å². The van der Waals surface area contributed by atoms with E-state index in [2.05, 4.69) is 11.4 Å². The fourth-order valence-corrected chi connectivity index (χ4v) is 9.51. The molecule has 0 aromatic carbocycles. The van der Waals surface area contributed by atoms with Gasteiger partial charge in [-0.2, -0.15) is 0 Å². The first kappa shape index (κ1) is 61.7. The van der Waals surface area contributed by atoms with Crippen LogP contribution in [0.2, 0.25) is 0 Å². The highest BCUT2D eigenvalue weighted by Gasteiger charge is 2.54. The lowest BCUT2D eigenvalue weighted by Crippen LogP contribution is -2.64. The molecule has 65 heavy (non-hydrogen) atoms. The maximum atomic E-state index is 13.0. The van der Waals surface area contributed by atoms with Crippen LogP contribution < -0.4 is 0 Å². The lowest BCUT2D eigenvalue weighted by Gasteiger charge is -2.43. The number of aliphatic hydroxyl groups is 4. The number of ketones is 1. The van der Waals surface area contributed by atoms with E-state index in [0.717, 1.165) is 77.0 Å². The molecule has 0 radical (unpaired) electrons. The number of esters is 2. The summed E-state index contributed by atoms with van der Waals surface area (Å²) in [6.45, 7) is 2.90. The highest BCUT2D eigenvalue weighted by atomic mass is 31.2. The molecule has 1 fully saturated rings. The second-order valence-electron chi connectivity index (χ2n) is 17.9. The summed E-state index contributed by atoms with van der Waals surface area (Å²) in [6.07, 6.45) is 17.5. The molecule has 1 aliphatic carbocycles. The van der Waals surface area contributed by atoms with Gasteiger partial charge in [0.05, 0.1) is 6.61 Å². The number of aliphatic hydroxyl groups excluding tert-OH is 4. The number of carbonyl (C=O) groups excluding carboxylic acids is 3. The molecule has 0 aromatic heterocycles. The number of carbonyl (C=O) groups is 3. The summed E-state index contributed by atoms with van der Waals surface area (Å²) >= 11 is 0.